The predicted octanol–water partition coefficient (Wildman–Crippen LogP) is 1.18. The fourth-order valence-corrected chi connectivity index (χ4v) is 0.741. The Hall–Kier alpha value is -1.64. The van der Waals surface area contributed by atoms with Crippen molar-refractivity contribution in [1.29, 1.82) is 0 Å². The number of nitrogens with zero attached hydrogens (tertiary/aromatic N) is 1. The summed E-state index contributed by atoms with van der Waals surface area (Å²) >= 11 is 0. The van der Waals surface area contributed by atoms with Gasteiger partial charge >= 0.3 is 6.47 Å². The molecule has 0 amide bonds. The Labute approximate surface area is 70.7 Å². The maximum absolute atomic E-state index is 9.62. The van der Waals surface area contributed by atoms with Gasteiger partial charge in [0.25, 0.3) is 0 Å². The molecule has 0 bridgehead atoms. The summed E-state index contributed by atoms with van der Waals surface area (Å²) in [6.45, 7) is 1.59. The van der Waals surface area contributed by atoms with Crippen LogP contribution >= 0.6 is 0 Å². The molecule has 0 unspecified atom stereocenters. The molecule has 61 valence electrons. The summed E-state index contributed by atoms with van der Waals surface area (Å²) in [7, 11) is 0. The van der Waals surface area contributed by atoms with Crippen LogP contribution in [0.3, 0.4) is 0 Å². The van der Waals surface area contributed by atoms with Crippen LogP contribution < -0.4 is 0 Å². The average Bonchev–Trinajstić information content (AvgIpc) is 2.14. The lowest BCUT2D eigenvalue weighted by Gasteiger charge is -1.90. The van der Waals surface area contributed by atoms with Crippen LogP contribution in [-0.4, -0.2) is 18.1 Å². The summed E-state index contributed by atoms with van der Waals surface area (Å²) in [5.41, 5.74) is 0.979. The minimum atomic E-state index is 0.248. The third kappa shape index (κ3) is 2.96. The molecule has 0 aromatic carbocycles. The maximum Gasteiger partial charge on any atom is 0.417 e. The van der Waals surface area contributed by atoms with Gasteiger partial charge in [-0.05, 0) is 17.7 Å². The molecule has 1 rings (SSSR count). The zero-order valence-electron chi connectivity index (χ0n) is 6.43. The van der Waals surface area contributed by atoms with Gasteiger partial charge in [-0.1, -0.05) is 12.1 Å². The molecule has 0 fully saturated rings. The molecule has 0 spiro atoms. The first kappa shape index (κ1) is 8.46. The molecule has 0 aliphatic carbocycles. The SMILES string of the molecule is O=[C]OC/C=C/c1cccnc1. The van der Waals surface area contributed by atoms with Crippen LogP contribution in [0.4, 0.5) is 0 Å². The number of carbonyl (C=O) groups excluding carboxylic acids is 1. The molecule has 0 saturated heterocycles. The molecule has 3 heteroatoms. The number of rotatable bonds is 4. The summed E-state index contributed by atoms with van der Waals surface area (Å²) in [5, 5.41) is 0. The average molecular weight is 162 g/mol. The van der Waals surface area contributed by atoms with Crippen molar-refractivity contribution in [1.82, 2.24) is 4.98 Å². The Morgan fingerprint density at radius 1 is 1.67 bits per heavy atom. The maximum atomic E-state index is 9.62. The highest BCUT2D eigenvalue weighted by atomic mass is 16.5. The predicted molar refractivity (Wildman–Crippen MR) is 44.9 cm³/mol. The molecule has 0 aliphatic heterocycles. The van der Waals surface area contributed by atoms with Crippen molar-refractivity contribution < 1.29 is 9.53 Å². The standard InChI is InChI=1S/C9H8NO2/c11-8-12-6-2-4-9-3-1-5-10-7-9/h1-5,7H,6H2/b4-2+. The van der Waals surface area contributed by atoms with Crippen LogP contribution in [0.2, 0.25) is 0 Å². The largest absolute Gasteiger partial charge is 0.453 e. The third-order valence-electron chi connectivity index (χ3n) is 1.23. The fraction of sp³-hybridized carbons (Fsp3) is 0.111. The number of pyridine rings is 1. The zero-order chi connectivity index (χ0) is 8.65. The molecule has 0 atom stereocenters. The van der Waals surface area contributed by atoms with Gasteiger partial charge in [0.1, 0.15) is 6.61 Å². The topological polar surface area (TPSA) is 39.2 Å². The van der Waals surface area contributed by atoms with Crippen molar-refractivity contribution in [3.05, 3.63) is 36.2 Å². The highest BCUT2D eigenvalue weighted by Gasteiger charge is 1.82. The van der Waals surface area contributed by atoms with Crippen LogP contribution in [0.25, 0.3) is 6.08 Å². The van der Waals surface area contributed by atoms with Crippen molar-refractivity contribution in [2.75, 3.05) is 6.61 Å². The molecule has 1 aromatic rings. The van der Waals surface area contributed by atoms with Crippen LogP contribution in [-0.2, 0) is 9.53 Å². The van der Waals surface area contributed by atoms with E-state index in [1.165, 1.54) is 6.47 Å². The van der Waals surface area contributed by atoms with Crippen LogP contribution in [0.1, 0.15) is 5.56 Å². The van der Waals surface area contributed by atoms with Crippen molar-refractivity contribution in [3.8, 4) is 0 Å². The van der Waals surface area contributed by atoms with Gasteiger partial charge in [0.15, 0.2) is 0 Å². The second kappa shape index (κ2) is 5.07. The van der Waals surface area contributed by atoms with Crippen molar-refractivity contribution in [3.63, 3.8) is 0 Å². The van der Waals surface area contributed by atoms with E-state index in [4.69, 9.17) is 0 Å². The minimum Gasteiger partial charge on any atom is -0.453 e. The number of aromatic nitrogens is 1. The van der Waals surface area contributed by atoms with Gasteiger partial charge in [0.2, 0.25) is 0 Å². The van der Waals surface area contributed by atoms with Gasteiger partial charge in [-0.2, -0.15) is 0 Å². The Balaban J connectivity index is 2.41. The molecule has 3 nitrogen and oxygen atoms in total. The molecular formula is C9H8NO2. The Morgan fingerprint density at radius 3 is 3.25 bits per heavy atom. The van der Waals surface area contributed by atoms with E-state index in [-0.39, 0.29) is 6.61 Å². The van der Waals surface area contributed by atoms with E-state index in [1.54, 1.807) is 18.5 Å². The lowest BCUT2D eigenvalue weighted by atomic mass is 10.3. The van der Waals surface area contributed by atoms with Crippen LogP contribution in [0.15, 0.2) is 30.6 Å². The first-order chi connectivity index (χ1) is 5.93. The van der Waals surface area contributed by atoms with E-state index in [9.17, 15) is 4.79 Å². The Morgan fingerprint density at radius 2 is 2.58 bits per heavy atom. The summed E-state index contributed by atoms with van der Waals surface area (Å²) in [4.78, 5) is 13.5. The van der Waals surface area contributed by atoms with Crippen LogP contribution in [0, 0.1) is 0 Å². The first-order valence-corrected chi connectivity index (χ1v) is 3.49. The lowest BCUT2D eigenvalue weighted by molar-refractivity contribution is 0.314. The van der Waals surface area contributed by atoms with E-state index in [0.29, 0.717) is 0 Å². The summed E-state index contributed by atoms with van der Waals surface area (Å²) in [6.07, 6.45) is 6.97. The van der Waals surface area contributed by atoms with Gasteiger partial charge < -0.3 is 4.74 Å². The highest BCUT2D eigenvalue weighted by molar-refractivity contribution is 5.47. The highest BCUT2D eigenvalue weighted by Crippen LogP contribution is 1.97. The van der Waals surface area contributed by atoms with E-state index in [0.717, 1.165) is 5.56 Å². The van der Waals surface area contributed by atoms with Gasteiger partial charge in [0.05, 0.1) is 0 Å². The molecular weight excluding hydrogens is 154 g/mol. The van der Waals surface area contributed by atoms with Gasteiger partial charge in [-0.15, -0.1) is 0 Å². The molecule has 1 heterocycles. The summed E-state index contributed by atoms with van der Waals surface area (Å²) in [6, 6.07) is 3.75. The molecule has 1 radical (unpaired) electrons. The van der Waals surface area contributed by atoms with E-state index in [1.807, 2.05) is 18.2 Å². The fourth-order valence-electron chi connectivity index (χ4n) is 0.741. The van der Waals surface area contributed by atoms with E-state index >= 15 is 0 Å². The van der Waals surface area contributed by atoms with Gasteiger partial charge in [-0.3, -0.25) is 4.98 Å². The van der Waals surface area contributed by atoms with Crippen molar-refractivity contribution >= 4 is 12.5 Å². The smallest absolute Gasteiger partial charge is 0.417 e. The van der Waals surface area contributed by atoms with Gasteiger partial charge in [-0.25, -0.2) is 4.79 Å². The second-order valence-corrected chi connectivity index (χ2v) is 2.08. The Bertz CT molecular complexity index is 256. The quantitative estimate of drug-likeness (QED) is 0.624. The van der Waals surface area contributed by atoms with Gasteiger partial charge in [0, 0.05) is 12.4 Å². The van der Waals surface area contributed by atoms with E-state index < -0.39 is 0 Å². The minimum absolute atomic E-state index is 0.248. The molecule has 0 aliphatic rings. The summed E-state index contributed by atoms with van der Waals surface area (Å²) in [5.74, 6) is 0. The first-order valence-electron chi connectivity index (χ1n) is 3.49. The normalized spacial score (nSPS) is 10.0. The monoisotopic (exact) mass is 162 g/mol. The number of hydrogen-bond donors (Lipinski definition) is 0. The Kier molecular flexibility index (Phi) is 3.57. The van der Waals surface area contributed by atoms with Crippen molar-refractivity contribution in [2.45, 2.75) is 0 Å². The zero-order valence-corrected chi connectivity index (χ0v) is 6.43. The number of hydrogen-bond acceptors (Lipinski definition) is 3. The second-order valence-electron chi connectivity index (χ2n) is 2.08. The molecule has 1 aromatic heterocycles. The molecule has 0 saturated carbocycles. The third-order valence-corrected chi connectivity index (χ3v) is 1.23. The molecule has 12 heavy (non-hydrogen) atoms. The summed E-state index contributed by atoms with van der Waals surface area (Å²) < 4.78 is 4.34. The van der Waals surface area contributed by atoms with Crippen LogP contribution in [0.5, 0.6) is 0 Å². The lowest BCUT2D eigenvalue weighted by Crippen LogP contribution is -1.85. The molecule has 0 N–H and O–H groups in total. The number of ether oxygens (including phenoxy) is 1. The van der Waals surface area contributed by atoms with Crippen molar-refractivity contribution in [2.24, 2.45) is 0 Å². The van der Waals surface area contributed by atoms with E-state index in [2.05, 4.69) is 9.72 Å².